The zero-order valence-corrected chi connectivity index (χ0v) is 17.7. The molecule has 148 valence electrons. The molecule has 0 aromatic heterocycles. The minimum atomic E-state index is -1.45. The van der Waals surface area contributed by atoms with Crippen molar-refractivity contribution in [2.75, 3.05) is 24.5 Å². The van der Waals surface area contributed by atoms with Crippen molar-refractivity contribution >= 4 is 21.0 Å². The van der Waals surface area contributed by atoms with Crippen molar-refractivity contribution in [2.24, 2.45) is 5.92 Å². The van der Waals surface area contributed by atoms with Crippen LogP contribution in [0.15, 0.2) is 48.5 Å². The Kier molecular flexibility index (Phi) is 5.71. The van der Waals surface area contributed by atoms with Crippen molar-refractivity contribution in [3.63, 3.8) is 0 Å². The summed E-state index contributed by atoms with van der Waals surface area (Å²) >= 11 is 0. The third-order valence-corrected chi connectivity index (χ3v) is 6.57. The van der Waals surface area contributed by atoms with Gasteiger partial charge in [-0.15, -0.1) is 0 Å². The van der Waals surface area contributed by atoms with Crippen LogP contribution in [0.2, 0.25) is 0 Å². The van der Waals surface area contributed by atoms with Crippen molar-refractivity contribution in [1.29, 1.82) is 5.26 Å². The van der Waals surface area contributed by atoms with Gasteiger partial charge >= 0.3 is 0 Å². The molecular formula is C23H29N3OS. The molecule has 1 atom stereocenters. The number of nitriles is 1. The topological polar surface area (TPSA) is 78.9 Å². The van der Waals surface area contributed by atoms with Crippen LogP contribution >= 0.6 is 10.0 Å². The van der Waals surface area contributed by atoms with Crippen LogP contribution in [0, 0.1) is 17.2 Å². The first-order valence-corrected chi connectivity index (χ1v) is 12.5. The summed E-state index contributed by atoms with van der Waals surface area (Å²) in [6.45, 7) is 0. The lowest BCUT2D eigenvalue weighted by Gasteiger charge is -2.39. The molecule has 3 rings (SSSR count). The first-order valence-electron chi connectivity index (χ1n) is 9.62. The van der Waals surface area contributed by atoms with Gasteiger partial charge in [0.15, 0.2) is 0 Å². The highest BCUT2D eigenvalue weighted by Gasteiger charge is 2.39. The average Bonchev–Trinajstić information content (AvgIpc) is 3.48. The number of rotatable bonds is 6. The number of nitrogens with two attached hydrogens (primary N) is 1. The Morgan fingerprint density at radius 1 is 1.18 bits per heavy atom. The molecule has 1 amide bonds. The summed E-state index contributed by atoms with van der Waals surface area (Å²) in [6, 6.07) is 17.6. The SMILES string of the molecule is CS(C)(C)C(=O)NC(CCC1CC1)(c1cccc(N)c1)c1cccc(C#N)c1. The minimum absolute atomic E-state index is 0.0630. The van der Waals surface area contributed by atoms with Gasteiger partial charge in [0.05, 0.1) is 17.2 Å². The van der Waals surface area contributed by atoms with Gasteiger partial charge in [0.1, 0.15) is 0 Å². The maximum absolute atomic E-state index is 13.2. The van der Waals surface area contributed by atoms with Crippen LogP contribution < -0.4 is 11.1 Å². The van der Waals surface area contributed by atoms with E-state index in [9.17, 15) is 10.1 Å². The van der Waals surface area contributed by atoms with Crippen LogP contribution in [0.25, 0.3) is 0 Å². The molecule has 3 N–H and O–H groups in total. The Bertz CT molecular complexity index is 909. The highest BCUT2D eigenvalue weighted by molar-refractivity contribution is 8.43. The molecule has 2 aromatic rings. The second-order valence-corrected chi connectivity index (χ2v) is 12.5. The largest absolute Gasteiger partial charge is 0.399 e. The summed E-state index contributed by atoms with van der Waals surface area (Å²) in [5.74, 6) is 0.721. The molecule has 0 bridgehead atoms. The highest BCUT2D eigenvalue weighted by atomic mass is 32.3. The fourth-order valence-electron chi connectivity index (χ4n) is 3.47. The highest BCUT2D eigenvalue weighted by Crippen LogP contribution is 2.44. The van der Waals surface area contributed by atoms with Gasteiger partial charge in [-0.25, -0.2) is 0 Å². The second kappa shape index (κ2) is 7.89. The number of hydrogen-bond acceptors (Lipinski definition) is 3. The van der Waals surface area contributed by atoms with E-state index in [0.29, 0.717) is 11.3 Å². The number of anilines is 1. The Labute approximate surface area is 169 Å². The molecule has 1 fully saturated rings. The van der Waals surface area contributed by atoms with Crippen LogP contribution in [-0.4, -0.2) is 24.0 Å². The fourth-order valence-corrected chi connectivity index (χ4v) is 3.96. The lowest BCUT2D eigenvalue weighted by molar-refractivity contribution is 0.247. The van der Waals surface area contributed by atoms with Crippen LogP contribution in [0.4, 0.5) is 10.5 Å². The number of carbonyl (C=O) groups is 1. The number of benzene rings is 2. The Balaban J connectivity index is 2.17. The van der Waals surface area contributed by atoms with E-state index in [1.165, 1.54) is 12.8 Å². The summed E-state index contributed by atoms with van der Waals surface area (Å²) in [4.78, 5) is 13.2. The number of hydrogen-bond donors (Lipinski definition) is 2. The van der Waals surface area contributed by atoms with E-state index in [4.69, 9.17) is 5.73 Å². The number of amides is 1. The monoisotopic (exact) mass is 395 g/mol. The van der Waals surface area contributed by atoms with Gasteiger partial charge < -0.3 is 11.1 Å². The van der Waals surface area contributed by atoms with E-state index in [2.05, 4.69) is 11.4 Å². The molecule has 1 unspecified atom stereocenters. The van der Waals surface area contributed by atoms with Crippen LogP contribution in [0.1, 0.15) is 42.4 Å². The van der Waals surface area contributed by atoms with Crippen molar-refractivity contribution in [3.8, 4) is 6.07 Å². The van der Waals surface area contributed by atoms with E-state index in [1.807, 2.05) is 61.2 Å². The van der Waals surface area contributed by atoms with Gasteiger partial charge in [-0.05, 0) is 72.9 Å². The number of nitrogens with one attached hydrogen (secondary N) is 1. The molecule has 0 heterocycles. The smallest absolute Gasteiger partial charge is 0.261 e. The first-order chi connectivity index (χ1) is 13.2. The Hall–Kier alpha value is -2.45. The van der Waals surface area contributed by atoms with E-state index >= 15 is 0 Å². The molecule has 0 saturated heterocycles. The van der Waals surface area contributed by atoms with Gasteiger partial charge in [-0.3, -0.25) is 4.79 Å². The average molecular weight is 396 g/mol. The third kappa shape index (κ3) is 4.51. The Morgan fingerprint density at radius 2 is 1.82 bits per heavy atom. The summed E-state index contributed by atoms with van der Waals surface area (Å²) in [5.41, 5.74) is 8.60. The zero-order valence-electron chi connectivity index (χ0n) is 16.9. The first kappa shape index (κ1) is 20.3. The molecule has 5 heteroatoms. The Morgan fingerprint density at radius 3 is 2.39 bits per heavy atom. The molecule has 4 nitrogen and oxygen atoms in total. The van der Waals surface area contributed by atoms with Gasteiger partial charge in [-0.2, -0.15) is 15.3 Å². The standard InChI is InChI=1S/C23H29N3OS/c1-28(2,3)22(27)26-23(13-12-17-10-11-17,20-8-5-9-21(25)15-20)19-7-4-6-18(14-19)16-24/h4-9,14-15,17H,10-13,25H2,1-3H3,(H,26,27). The molecule has 0 aliphatic heterocycles. The number of nitrogens with zero attached hydrogens (tertiary/aromatic N) is 1. The summed E-state index contributed by atoms with van der Waals surface area (Å²) in [7, 11) is -1.45. The maximum Gasteiger partial charge on any atom is 0.261 e. The lowest BCUT2D eigenvalue weighted by Crippen LogP contribution is -2.47. The molecular weight excluding hydrogens is 366 g/mol. The fraction of sp³-hybridized carbons (Fsp3) is 0.391. The van der Waals surface area contributed by atoms with E-state index in [1.54, 1.807) is 6.07 Å². The van der Waals surface area contributed by atoms with Crippen molar-refractivity contribution in [3.05, 3.63) is 65.2 Å². The quantitative estimate of drug-likeness (QED) is 0.677. The third-order valence-electron chi connectivity index (χ3n) is 5.36. The minimum Gasteiger partial charge on any atom is -0.399 e. The normalized spacial score (nSPS) is 16.6. The van der Waals surface area contributed by atoms with Gasteiger partial charge in [0, 0.05) is 5.69 Å². The number of carbonyl (C=O) groups excluding carboxylic acids is 1. The van der Waals surface area contributed by atoms with Crippen molar-refractivity contribution < 1.29 is 4.79 Å². The predicted octanol–water partition coefficient (Wildman–Crippen LogP) is 4.98. The zero-order chi connectivity index (χ0) is 20.4. The number of nitrogen functional groups attached to an aromatic ring is 1. The maximum atomic E-state index is 13.2. The van der Waals surface area contributed by atoms with Gasteiger partial charge in [-0.1, -0.05) is 37.1 Å². The van der Waals surface area contributed by atoms with Crippen LogP contribution in [0.5, 0.6) is 0 Å². The van der Waals surface area contributed by atoms with E-state index < -0.39 is 15.6 Å². The van der Waals surface area contributed by atoms with Crippen LogP contribution in [-0.2, 0) is 5.54 Å². The summed E-state index contributed by atoms with van der Waals surface area (Å²) < 4.78 is 0. The molecule has 2 aromatic carbocycles. The molecule has 0 spiro atoms. The summed E-state index contributed by atoms with van der Waals surface area (Å²) in [6.07, 6.45) is 10.3. The second-order valence-electron chi connectivity index (χ2n) is 8.46. The lowest BCUT2D eigenvalue weighted by atomic mass is 9.78. The predicted molar refractivity (Wildman–Crippen MR) is 119 cm³/mol. The molecule has 1 aliphatic carbocycles. The molecule has 28 heavy (non-hydrogen) atoms. The van der Waals surface area contributed by atoms with Crippen molar-refractivity contribution in [2.45, 2.75) is 31.2 Å². The summed E-state index contributed by atoms with van der Waals surface area (Å²) in [5, 5.41) is 12.9. The van der Waals surface area contributed by atoms with E-state index in [0.717, 1.165) is 29.9 Å². The van der Waals surface area contributed by atoms with Gasteiger partial charge in [0.2, 0.25) is 0 Å². The van der Waals surface area contributed by atoms with Crippen molar-refractivity contribution in [1.82, 2.24) is 5.32 Å². The molecule has 1 saturated carbocycles. The molecule has 1 aliphatic rings. The van der Waals surface area contributed by atoms with E-state index in [-0.39, 0.29) is 5.24 Å². The van der Waals surface area contributed by atoms with Gasteiger partial charge in [0.25, 0.3) is 5.24 Å². The van der Waals surface area contributed by atoms with Crippen LogP contribution in [0.3, 0.4) is 0 Å². The molecule has 0 radical (unpaired) electrons.